The van der Waals surface area contributed by atoms with E-state index in [2.05, 4.69) is 12.2 Å². The Morgan fingerprint density at radius 2 is 1.77 bits per heavy atom. The fourth-order valence-corrected chi connectivity index (χ4v) is 4.45. The fourth-order valence-electron chi connectivity index (χ4n) is 4.45. The third kappa shape index (κ3) is 4.20. The number of amides is 1. The molecule has 0 unspecified atom stereocenters. The predicted octanol–water partition coefficient (Wildman–Crippen LogP) is 5.02. The van der Waals surface area contributed by atoms with E-state index >= 15 is 0 Å². The van der Waals surface area contributed by atoms with E-state index in [1.165, 1.54) is 12.8 Å². The molecule has 1 N–H and O–H groups in total. The fraction of sp³-hybridized carbons (Fsp3) is 0.440. The normalized spacial score (nSPS) is 15.2. The SMILES string of the molecule is CCCCn1c(C(=O)NC2CCCCCC2)cn2c(-c3ccccc3)ccc2c1=O. The van der Waals surface area contributed by atoms with Gasteiger partial charge < -0.3 is 14.3 Å². The Bertz CT molecular complexity index is 1060. The van der Waals surface area contributed by atoms with Crippen molar-refractivity contribution in [2.24, 2.45) is 0 Å². The lowest BCUT2D eigenvalue weighted by Gasteiger charge is -2.19. The quantitative estimate of drug-likeness (QED) is 0.586. The molecule has 1 saturated carbocycles. The topological polar surface area (TPSA) is 55.5 Å². The number of unbranched alkanes of at least 4 members (excludes halogenated alkanes) is 1. The van der Waals surface area contributed by atoms with Crippen molar-refractivity contribution in [3.63, 3.8) is 0 Å². The first-order valence-electron chi connectivity index (χ1n) is 11.3. The van der Waals surface area contributed by atoms with Gasteiger partial charge in [0.05, 0.1) is 5.69 Å². The number of hydrogen-bond donors (Lipinski definition) is 1. The number of fused-ring (bicyclic) bond motifs is 1. The van der Waals surface area contributed by atoms with Crippen LogP contribution in [0.3, 0.4) is 0 Å². The molecule has 4 rings (SSSR count). The summed E-state index contributed by atoms with van der Waals surface area (Å²) in [6.07, 6.45) is 10.5. The van der Waals surface area contributed by atoms with Gasteiger partial charge in [0, 0.05) is 18.8 Å². The molecule has 0 bridgehead atoms. The molecule has 2 aromatic heterocycles. The molecule has 0 aliphatic heterocycles. The first-order chi connectivity index (χ1) is 14.7. The van der Waals surface area contributed by atoms with Crippen LogP contribution in [0.2, 0.25) is 0 Å². The second kappa shape index (κ2) is 9.33. The number of carbonyl (C=O) groups excluding carboxylic acids is 1. The minimum absolute atomic E-state index is 0.0980. The highest BCUT2D eigenvalue weighted by molar-refractivity contribution is 5.93. The molecule has 5 heteroatoms. The summed E-state index contributed by atoms with van der Waals surface area (Å²) in [4.78, 5) is 26.6. The van der Waals surface area contributed by atoms with Crippen molar-refractivity contribution < 1.29 is 4.79 Å². The van der Waals surface area contributed by atoms with E-state index in [-0.39, 0.29) is 17.5 Å². The molecular formula is C25H31N3O2. The Balaban J connectivity index is 1.77. The minimum atomic E-state index is -0.135. The molecule has 30 heavy (non-hydrogen) atoms. The monoisotopic (exact) mass is 405 g/mol. The van der Waals surface area contributed by atoms with Crippen LogP contribution in [0.1, 0.15) is 68.8 Å². The van der Waals surface area contributed by atoms with Crippen LogP contribution in [-0.4, -0.2) is 20.9 Å². The summed E-state index contributed by atoms with van der Waals surface area (Å²) in [5.41, 5.74) is 2.92. The van der Waals surface area contributed by atoms with Crippen molar-refractivity contribution in [2.45, 2.75) is 70.9 Å². The molecule has 3 aromatic rings. The van der Waals surface area contributed by atoms with Gasteiger partial charge in [0.1, 0.15) is 11.2 Å². The van der Waals surface area contributed by atoms with Gasteiger partial charge in [-0.2, -0.15) is 0 Å². The first kappa shape index (κ1) is 20.5. The zero-order chi connectivity index (χ0) is 20.9. The lowest BCUT2D eigenvalue weighted by atomic mass is 10.1. The summed E-state index contributed by atoms with van der Waals surface area (Å²) in [7, 11) is 0. The number of aromatic nitrogens is 2. The third-order valence-electron chi connectivity index (χ3n) is 6.15. The molecule has 0 atom stereocenters. The third-order valence-corrected chi connectivity index (χ3v) is 6.15. The molecular weight excluding hydrogens is 374 g/mol. The number of benzene rings is 1. The molecule has 1 aliphatic carbocycles. The highest BCUT2D eigenvalue weighted by atomic mass is 16.2. The Morgan fingerprint density at radius 3 is 2.47 bits per heavy atom. The van der Waals surface area contributed by atoms with Crippen molar-refractivity contribution in [3.05, 3.63) is 64.7 Å². The molecule has 1 aliphatic rings. The summed E-state index contributed by atoms with van der Waals surface area (Å²) >= 11 is 0. The lowest BCUT2D eigenvalue weighted by Crippen LogP contribution is -2.38. The van der Waals surface area contributed by atoms with E-state index in [0.717, 1.165) is 49.8 Å². The molecule has 2 heterocycles. The van der Waals surface area contributed by atoms with E-state index in [1.807, 2.05) is 53.1 Å². The van der Waals surface area contributed by atoms with Gasteiger partial charge in [-0.05, 0) is 37.0 Å². The summed E-state index contributed by atoms with van der Waals surface area (Å²) in [5.74, 6) is -0.135. The zero-order valence-corrected chi connectivity index (χ0v) is 17.8. The van der Waals surface area contributed by atoms with Crippen molar-refractivity contribution in [2.75, 3.05) is 0 Å². The molecule has 1 amide bonds. The van der Waals surface area contributed by atoms with Crippen LogP contribution in [0, 0.1) is 0 Å². The van der Waals surface area contributed by atoms with E-state index < -0.39 is 0 Å². The van der Waals surface area contributed by atoms with E-state index in [9.17, 15) is 9.59 Å². The van der Waals surface area contributed by atoms with Crippen LogP contribution >= 0.6 is 0 Å². The Kier molecular flexibility index (Phi) is 6.36. The van der Waals surface area contributed by atoms with E-state index in [1.54, 1.807) is 4.57 Å². The van der Waals surface area contributed by atoms with E-state index in [4.69, 9.17) is 0 Å². The Hall–Kier alpha value is -2.82. The van der Waals surface area contributed by atoms with Crippen molar-refractivity contribution >= 4 is 11.4 Å². The van der Waals surface area contributed by atoms with Crippen molar-refractivity contribution in [1.82, 2.24) is 14.3 Å². The second-order valence-electron chi connectivity index (χ2n) is 8.33. The maximum Gasteiger partial charge on any atom is 0.275 e. The van der Waals surface area contributed by atoms with Gasteiger partial charge in [-0.25, -0.2) is 0 Å². The molecule has 0 radical (unpaired) electrons. The number of carbonyl (C=O) groups is 1. The maximum atomic E-state index is 13.3. The molecule has 1 fully saturated rings. The van der Waals surface area contributed by atoms with Gasteiger partial charge in [-0.1, -0.05) is 69.4 Å². The Morgan fingerprint density at radius 1 is 1.03 bits per heavy atom. The van der Waals surface area contributed by atoms with Crippen LogP contribution in [-0.2, 0) is 6.54 Å². The largest absolute Gasteiger partial charge is 0.348 e. The lowest BCUT2D eigenvalue weighted by molar-refractivity contribution is 0.0921. The van der Waals surface area contributed by atoms with Gasteiger partial charge in [-0.15, -0.1) is 0 Å². The van der Waals surface area contributed by atoms with Crippen LogP contribution in [0.4, 0.5) is 0 Å². The molecule has 5 nitrogen and oxygen atoms in total. The van der Waals surface area contributed by atoms with Crippen LogP contribution in [0.25, 0.3) is 16.8 Å². The van der Waals surface area contributed by atoms with Gasteiger partial charge in [0.25, 0.3) is 11.5 Å². The summed E-state index contributed by atoms with van der Waals surface area (Å²) < 4.78 is 3.54. The molecule has 158 valence electrons. The number of rotatable bonds is 6. The van der Waals surface area contributed by atoms with Crippen molar-refractivity contribution in [3.8, 4) is 11.3 Å². The smallest absolute Gasteiger partial charge is 0.275 e. The average molecular weight is 406 g/mol. The highest BCUT2D eigenvalue weighted by Crippen LogP contribution is 2.22. The van der Waals surface area contributed by atoms with Gasteiger partial charge in [0.15, 0.2) is 0 Å². The standard InChI is InChI=1S/C25H31N3O2/c1-2-3-17-27-23(24(29)26-20-13-9-4-5-10-14-20)18-28-21(15-16-22(28)25(27)30)19-11-7-6-8-12-19/h6-8,11-12,15-16,18,20H,2-5,9-10,13-14,17H2,1H3,(H,26,29). The highest BCUT2D eigenvalue weighted by Gasteiger charge is 2.21. The van der Waals surface area contributed by atoms with Gasteiger partial charge in [-0.3, -0.25) is 9.59 Å². The molecule has 1 aromatic carbocycles. The van der Waals surface area contributed by atoms with Gasteiger partial charge >= 0.3 is 0 Å². The number of hydrogen-bond acceptors (Lipinski definition) is 2. The molecule has 0 saturated heterocycles. The van der Waals surface area contributed by atoms with E-state index in [0.29, 0.717) is 17.8 Å². The Labute approximate surface area is 177 Å². The maximum absolute atomic E-state index is 13.3. The van der Waals surface area contributed by atoms with Gasteiger partial charge in [0.2, 0.25) is 0 Å². The average Bonchev–Trinajstić information content (AvgIpc) is 3.03. The number of nitrogens with zero attached hydrogens (tertiary/aromatic N) is 2. The summed E-state index contributed by atoms with van der Waals surface area (Å²) in [5, 5.41) is 3.22. The minimum Gasteiger partial charge on any atom is -0.348 e. The van der Waals surface area contributed by atoms with Crippen molar-refractivity contribution in [1.29, 1.82) is 0 Å². The molecule has 0 spiro atoms. The number of nitrogens with one attached hydrogen (secondary N) is 1. The second-order valence-corrected chi connectivity index (χ2v) is 8.33. The predicted molar refractivity (Wildman–Crippen MR) is 121 cm³/mol. The van der Waals surface area contributed by atoms with Crippen LogP contribution in [0.5, 0.6) is 0 Å². The summed E-state index contributed by atoms with van der Waals surface area (Å²) in [6, 6.07) is 14.0. The van der Waals surface area contributed by atoms with Crippen LogP contribution in [0.15, 0.2) is 53.5 Å². The zero-order valence-electron chi connectivity index (χ0n) is 17.8. The van der Waals surface area contributed by atoms with Crippen LogP contribution < -0.4 is 10.9 Å². The summed E-state index contributed by atoms with van der Waals surface area (Å²) in [6.45, 7) is 2.66. The first-order valence-corrected chi connectivity index (χ1v) is 11.3.